The molecule has 0 bridgehead atoms. The molecule has 0 heterocycles. The third-order valence-corrected chi connectivity index (χ3v) is 7.66. The molecular weight excluding hydrogens is 859 g/mol. The summed E-state index contributed by atoms with van der Waals surface area (Å²) in [5.41, 5.74) is 0. The van der Waals surface area contributed by atoms with Crippen molar-refractivity contribution in [3.63, 3.8) is 0 Å². The molecule has 52 heavy (non-hydrogen) atoms. The number of aliphatic carboxylic acids is 1. The molecule has 0 aromatic carbocycles. The van der Waals surface area contributed by atoms with Crippen molar-refractivity contribution < 1.29 is 141 Å². The number of rotatable bonds is 18. The summed E-state index contributed by atoms with van der Waals surface area (Å²) >= 11 is 0. The van der Waals surface area contributed by atoms with Gasteiger partial charge in [-0.2, -0.15) is 127 Å². The first kappa shape index (κ1) is 49.6. The summed E-state index contributed by atoms with van der Waals surface area (Å²) in [5, 5.41) is 8.25. The Morgan fingerprint density at radius 2 is 0.577 bits per heavy atom. The number of hydrogen-bond donors (Lipinski definition) is 1. The molecule has 1 unspecified atom stereocenters. The summed E-state index contributed by atoms with van der Waals surface area (Å²) in [6, 6.07) is 0. The lowest BCUT2D eigenvalue weighted by Gasteiger charge is -2.46. The van der Waals surface area contributed by atoms with Crippen LogP contribution in [0.25, 0.3) is 0 Å². The van der Waals surface area contributed by atoms with Crippen LogP contribution < -0.4 is 0 Å². The lowest BCUT2D eigenvalue weighted by molar-refractivity contribution is -0.487. The summed E-state index contributed by atoms with van der Waals surface area (Å²) < 4.78 is 403. The van der Waals surface area contributed by atoms with Gasteiger partial charge in [-0.1, -0.05) is 0 Å². The first-order valence-electron chi connectivity index (χ1n) is 11.6. The van der Waals surface area contributed by atoms with Gasteiger partial charge >= 0.3 is 89.1 Å². The monoisotopic (exact) mass is 868 g/mol. The average molecular weight is 868 g/mol. The predicted molar refractivity (Wildman–Crippen MR) is 105 cm³/mol. The van der Waals surface area contributed by atoms with E-state index in [4.69, 9.17) is 5.11 Å². The number of halogens is 29. The molecule has 0 aliphatic heterocycles. The summed E-state index contributed by atoms with van der Waals surface area (Å²) in [7, 11) is -3.17. The highest BCUT2D eigenvalue weighted by Gasteiger charge is 3.00. The van der Waals surface area contributed by atoms with Gasteiger partial charge in [0, 0.05) is 28.7 Å². The Bertz CT molecular complexity index is 1330. The average Bonchev–Trinajstić information content (AvgIpc) is 2.92. The lowest BCUT2D eigenvalue weighted by atomic mass is 9.83. The predicted octanol–water partition coefficient (Wildman–Crippen LogP) is 9.42. The minimum Gasteiger partial charge on any atom is -0.481 e. The molecule has 0 aliphatic rings. The van der Waals surface area contributed by atoms with Crippen LogP contribution in [0.5, 0.6) is 0 Å². The Kier molecular flexibility index (Phi) is 12.5. The van der Waals surface area contributed by atoms with Gasteiger partial charge in [-0.15, -0.1) is 0 Å². The quantitative estimate of drug-likeness (QED) is 0.140. The van der Waals surface area contributed by atoms with E-state index in [1.807, 2.05) is 0 Å². The molecule has 0 spiro atoms. The first-order chi connectivity index (χ1) is 22.1. The Morgan fingerprint density at radius 3 is 0.788 bits per heavy atom. The van der Waals surface area contributed by atoms with Gasteiger partial charge < -0.3 is 5.11 Å². The highest BCUT2D eigenvalue weighted by molar-refractivity contribution is 7.84. The van der Waals surface area contributed by atoms with Crippen LogP contribution in [-0.2, 0) is 15.6 Å². The molecule has 0 amide bonds. The van der Waals surface area contributed by atoms with Crippen LogP contribution in [-0.4, -0.2) is 110 Å². The fourth-order valence-electron chi connectivity index (χ4n) is 3.08. The minimum atomic E-state index is -9.98. The van der Waals surface area contributed by atoms with Crippen LogP contribution in [0.1, 0.15) is 12.8 Å². The molecule has 0 fully saturated rings. The number of hydrogen-bond acceptors (Lipinski definition) is 2. The number of carboxylic acids is 1. The largest absolute Gasteiger partial charge is 0.481 e. The second kappa shape index (κ2) is 13.1. The molecule has 0 aliphatic carbocycles. The minimum absolute atomic E-state index is 1.31. The zero-order chi connectivity index (χ0) is 43.0. The molecule has 1 N–H and O–H groups in total. The van der Waals surface area contributed by atoms with Gasteiger partial charge in [0.05, 0.1) is 6.42 Å². The maximum Gasteiger partial charge on any atom is 0.460 e. The maximum absolute atomic E-state index is 13.9. The van der Waals surface area contributed by atoms with Gasteiger partial charge in [-0.05, 0) is 0 Å². The second-order valence-electron chi connectivity index (χ2n) is 9.84. The van der Waals surface area contributed by atoms with Crippen molar-refractivity contribution in [3.8, 4) is 0 Å². The van der Waals surface area contributed by atoms with Gasteiger partial charge in [0.1, 0.15) is 0 Å². The Labute approximate surface area is 266 Å². The fourth-order valence-corrected chi connectivity index (χ4v) is 4.17. The normalized spacial score (nSPS) is 17.0. The van der Waals surface area contributed by atoms with Gasteiger partial charge in [0.15, 0.2) is 0 Å². The van der Waals surface area contributed by atoms with E-state index in [1.165, 1.54) is 0 Å². The summed E-state index contributed by atoms with van der Waals surface area (Å²) in [4.78, 5) is 10.2. The SMILES string of the molecule is O=C(O)CCS(=O)CCC(F)(F)C(F)(F)C(F)(F)C(F)(F)C(F)(F)C(F)(F)C(F)(F)C(F)(F)C(F)(F)C(F)(F)C(F)(F)C(F)(F)C(F)(F)C(F)(F)F. The van der Waals surface area contributed by atoms with Crippen LogP contribution in [0.15, 0.2) is 0 Å². The van der Waals surface area contributed by atoms with E-state index in [0.717, 1.165) is 0 Å². The molecule has 3 nitrogen and oxygen atoms in total. The van der Waals surface area contributed by atoms with Crippen molar-refractivity contribution in [1.82, 2.24) is 0 Å². The Balaban J connectivity index is 7.31. The van der Waals surface area contributed by atoms with Crippen molar-refractivity contribution in [3.05, 3.63) is 0 Å². The van der Waals surface area contributed by atoms with Gasteiger partial charge in [-0.3, -0.25) is 9.00 Å². The summed E-state index contributed by atoms with van der Waals surface area (Å²) in [6.45, 7) is 0. The third kappa shape index (κ3) is 6.55. The van der Waals surface area contributed by atoms with Crippen LogP contribution in [0.2, 0.25) is 0 Å². The van der Waals surface area contributed by atoms with Crippen molar-refractivity contribution in [2.24, 2.45) is 0 Å². The van der Waals surface area contributed by atoms with Crippen molar-refractivity contribution in [2.45, 2.75) is 96.0 Å². The van der Waals surface area contributed by atoms with Crippen molar-refractivity contribution in [2.75, 3.05) is 11.5 Å². The molecule has 0 aromatic heterocycles. The Morgan fingerprint density at radius 1 is 0.365 bits per heavy atom. The standard InChI is InChI=1S/C19H9F29O3S/c20-6(21,2-4-52(51)3-1-5(49)50)7(22,23)8(24,25)9(26,27)10(28,29)11(30,31)12(32,33)13(34,35)14(36,37)15(38,39)16(40,41)17(42,43)18(44,45)19(46,47)48/h1-4H2,(H,49,50). The van der Waals surface area contributed by atoms with Crippen LogP contribution in [0.4, 0.5) is 127 Å². The molecule has 0 rings (SSSR count). The second-order valence-corrected chi connectivity index (χ2v) is 11.5. The lowest BCUT2D eigenvalue weighted by Crippen LogP contribution is -2.79. The van der Waals surface area contributed by atoms with Crippen molar-refractivity contribution >= 4 is 16.8 Å². The number of carbonyl (C=O) groups is 1. The zero-order valence-corrected chi connectivity index (χ0v) is 23.8. The van der Waals surface area contributed by atoms with E-state index in [0.29, 0.717) is 0 Å². The van der Waals surface area contributed by atoms with Crippen LogP contribution >= 0.6 is 0 Å². The molecule has 0 radical (unpaired) electrons. The van der Waals surface area contributed by atoms with Crippen LogP contribution in [0, 0.1) is 0 Å². The smallest absolute Gasteiger partial charge is 0.460 e. The van der Waals surface area contributed by atoms with E-state index in [9.17, 15) is 136 Å². The maximum atomic E-state index is 13.9. The van der Waals surface area contributed by atoms with E-state index >= 15 is 0 Å². The van der Waals surface area contributed by atoms with E-state index < -0.39 is 124 Å². The zero-order valence-electron chi connectivity index (χ0n) is 23.0. The molecule has 1 atom stereocenters. The number of alkyl halides is 29. The van der Waals surface area contributed by atoms with Crippen LogP contribution in [0.3, 0.4) is 0 Å². The van der Waals surface area contributed by atoms with Gasteiger partial charge in [0.2, 0.25) is 0 Å². The highest BCUT2D eigenvalue weighted by Crippen LogP contribution is 2.69. The molecule has 0 saturated heterocycles. The molecule has 312 valence electrons. The molecule has 33 heteroatoms. The van der Waals surface area contributed by atoms with E-state index in [-0.39, 0.29) is 0 Å². The molecule has 0 aromatic rings. The summed E-state index contributed by atoms with van der Waals surface area (Å²) in [6.07, 6.45) is -12.9. The topological polar surface area (TPSA) is 54.4 Å². The highest BCUT2D eigenvalue weighted by atomic mass is 32.2. The van der Waals surface area contributed by atoms with Crippen molar-refractivity contribution in [1.29, 1.82) is 0 Å². The van der Waals surface area contributed by atoms with Gasteiger partial charge in [0.25, 0.3) is 0 Å². The molecular formula is C19H9F29O3S. The van der Waals surface area contributed by atoms with E-state index in [1.54, 1.807) is 0 Å². The molecule has 0 saturated carbocycles. The third-order valence-electron chi connectivity index (χ3n) is 6.34. The van der Waals surface area contributed by atoms with Gasteiger partial charge in [-0.25, -0.2) is 0 Å². The first-order valence-corrected chi connectivity index (χ1v) is 13.1. The van der Waals surface area contributed by atoms with E-state index in [2.05, 4.69) is 0 Å². The number of carboxylic acid groups (broad SMARTS) is 1. The summed E-state index contributed by atoms with van der Waals surface area (Å²) in [5.74, 6) is -127. The Hall–Kier alpha value is -2.41. The fraction of sp³-hybridized carbons (Fsp3) is 0.947.